The van der Waals surface area contributed by atoms with Crippen LogP contribution in [-0.2, 0) is 11.2 Å². The minimum atomic E-state index is -0.195. The van der Waals surface area contributed by atoms with Gasteiger partial charge in [-0.05, 0) is 31.9 Å². The van der Waals surface area contributed by atoms with Gasteiger partial charge in [0.25, 0.3) is 0 Å². The van der Waals surface area contributed by atoms with Crippen LogP contribution in [-0.4, -0.2) is 30.3 Å². The molecule has 0 aliphatic carbocycles. The van der Waals surface area contributed by atoms with Gasteiger partial charge in [-0.2, -0.15) is 0 Å². The Hall–Kier alpha value is -1.55. The molecule has 0 aliphatic rings. The molecule has 100 valence electrons. The van der Waals surface area contributed by atoms with Crippen molar-refractivity contribution in [2.24, 2.45) is 0 Å². The molecule has 0 aliphatic heterocycles. The largest absolute Gasteiger partial charge is 0.494 e. The summed E-state index contributed by atoms with van der Waals surface area (Å²) in [7, 11) is 0. The smallest absolute Gasteiger partial charge is 0.220 e. The molecule has 4 heteroatoms. The topological polar surface area (TPSA) is 58.6 Å². The van der Waals surface area contributed by atoms with E-state index in [2.05, 4.69) is 5.32 Å². The Kier molecular flexibility index (Phi) is 6.22. The number of nitrogens with one attached hydrogen (secondary N) is 1. The highest BCUT2D eigenvalue weighted by Crippen LogP contribution is 2.19. The van der Waals surface area contributed by atoms with E-state index in [0.29, 0.717) is 19.4 Å². The molecule has 0 radical (unpaired) electrons. The second-order valence-electron chi connectivity index (χ2n) is 4.19. The van der Waals surface area contributed by atoms with E-state index in [4.69, 9.17) is 9.84 Å². The lowest BCUT2D eigenvalue weighted by molar-refractivity contribution is -0.121. The minimum absolute atomic E-state index is 0.0404. The van der Waals surface area contributed by atoms with Gasteiger partial charge in [-0.3, -0.25) is 4.79 Å². The van der Waals surface area contributed by atoms with Crippen LogP contribution in [0.4, 0.5) is 0 Å². The van der Waals surface area contributed by atoms with Crippen LogP contribution in [0, 0.1) is 0 Å². The van der Waals surface area contributed by atoms with Gasteiger partial charge in [-0.1, -0.05) is 18.2 Å². The highest BCUT2D eigenvalue weighted by Gasteiger charge is 2.08. The number of benzene rings is 1. The van der Waals surface area contributed by atoms with Gasteiger partial charge in [0.1, 0.15) is 5.75 Å². The Morgan fingerprint density at radius 2 is 2.17 bits per heavy atom. The zero-order valence-corrected chi connectivity index (χ0v) is 11.0. The van der Waals surface area contributed by atoms with Gasteiger partial charge in [0.05, 0.1) is 13.2 Å². The number of hydrogen-bond donors (Lipinski definition) is 2. The fourth-order valence-electron chi connectivity index (χ4n) is 1.65. The molecule has 1 atom stereocenters. The van der Waals surface area contributed by atoms with E-state index in [1.165, 1.54) is 0 Å². The molecule has 2 N–H and O–H groups in total. The number of carbonyl (C=O) groups is 1. The molecule has 0 bridgehead atoms. The van der Waals surface area contributed by atoms with E-state index in [1.807, 2.05) is 31.2 Å². The minimum Gasteiger partial charge on any atom is -0.494 e. The molecule has 18 heavy (non-hydrogen) atoms. The summed E-state index contributed by atoms with van der Waals surface area (Å²) < 4.78 is 5.50. The third-order valence-electron chi connectivity index (χ3n) is 2.58. The lowest BCUT2D eigenvalue weighted by atomic mass is 10.1. The predicted molar refractivity (Wildman–Crippen MR) is 70.6 cm³/mol. The average Bonchev–Trinajstić information content (AvgIpc) is 2.38. The molecule has 0 saturated carbocycles. The quantitative estimate of drug-likeness (QED) is 0.772. The first-order valence-corrected chi connectivity index (χ1v) is 6.28. The Labute approximate surface area is 108 Å². The summed E-state index contributed by atoms with van der Waals surface area (Å²) in [5.41, 5.74) is 1.03. The fourth-order valence-corrected chi connectivity index (χ4v) is 1.65. The van der Waals surface area contributed by atoms with Crippen molar-refractivity contribution in [1.29, 1.82) is 0 Å². The Morgan fingerprint density at radius 1 is 1.44 bits per heavy atom. The van der Waals surface area contributed by atoms with Crippen molar-refractivity contribution in [2.45, 2.75) is 32.7 Å². The van der Waals surface area contributed by atoms with E-state index < -0.39 is 0 Å². The van der Waals surface area contributed by atoms with Gasteiger partial charge in [0.2, 0.25) is 5.91 Å². The molecule has 4 nitrogen and oxygen atoms in total. The third-order valence-corrected chi connectivity index (χ3v) is 2.58. The first-order chi connectivity index (χ1) is 8.67. The van der Waals surface area contributed by atoms with Crippen molar-refractivity contribution in [3.05, 3.63) is 29.8 Å². The van der Waals surface area contributed by atoms with Gasteiger partial charge in [0.15, 0.2) is 0 Å². The standard InChI is InChI=1S/C14H21NO3/c1-3-18-13-7-5-4-6-12(13)8-9-14(17)15-11(2)10-16/h4-7,11,16H,3,8-10H2,1-2H3,(H,15,17)/t11-/m0/s1. The maximum atomic E-state index is 11.6. The van der Waals surface area contributed by atoms with E-state index in [0.717, 1.165) is 11.3 Å². The van der Waals surface area contributed by atoms with Gasteiger partial charge < -0.3 is 15.2 Å². The Balaban J connectivity index is 2.50. The van der Waals surface area contributed by atoms with Crippen LogP contribution in [0.3, 0.4) is 0 Å². The van der Waals surface area contributed by atoms with Crippen molar-refractivity contribution < 1.29 is 14.6 Å². The van der Waals surface area contributed by atoms with Crippen molar-refractivity contribution >= 4 is 5.91 Å². The van der Waals surface area contributed by atoms with Crippen LogP contribution >= 0.6 is 0 Å². The summed E-state index contributed by atoms with van der Waals surface area (Å²) in [6, 6.07) is 7.54. The number of amides is 1. The van der Waals surface area contributed by atoms with E-state index in [9.17, 15) is 4.79 Å². The molecule has 1 aromatic carbocycles. The monoisotopic (exact) mass is 251 g/mol. The normalized spacial score (nSPS) is 11.9. The summed E-state index contributed by atoms with van der Waals surface area (Å²) in [5.74, 6) is 0.783. The second kappa shape index (κ2) is 7.71. The van der Waals surface area contributed by atoms with Crippen LogP contribution in [0.2, 0.25) is 0 Å². The molecule has 1 aromatic rings. The Bertz CT molecular complexity index is 379. The van der Waals surface area contributed by atoms with Crippen LogP contribution in [0.15, 0.2) is 24.3 Å². The summed E-state index contributed by atoms with van der Waals surface area (Å²) >= 11 is 0. The van der Waals surface area contributed by atoms with Gasteiger partial charge in [-0.15, -0.1) is 0 Å². The summed E-state index contributed by atoms with van der Waals surface area (Å²) in [4.78, 5) is 11.6. The predicted octanol–water partition coefficient (Wildman–Crippen LogP) is 1.51. The van der Waals surface area contributed by atoms with E-state index >= 15 is 0 Å². The number of hydrogen-bond acceptors (Lipinski definition) is 3. The highest BCUT2D eigenvalue weighted by atomic mass is 16.5. The summed E-state index contributed by atoms with van der Waals surface area (Å²) in [6.07, 6.45) is 1.04. The highest BCUT2D eigenvalue weighted by molar-refractivity contribution is 5.76. The van der Waals surface area contributed by atoms with Crippen molar-refractivity contribution in [2.75, 3.05) is 13.2 Å². The number of rotatable bonds is 7. The average molecular weight is 251 g/mol. The number of aliphatic hydroxyl groups excluding tert-OH is 1. The van der Waals surface area contributed by atoms with E-state index in [-0.39, 0.29) is 18.6 Å². The molecule has 0 aromatic heterocycles. The fraction of sp³-hybridized carbons (Fsp3) is 0.500. The molecule has 0 saturated heterocycles. The van der Waals surface area contributed by atoms with Gasteiger partial charge in [0, 0.05) is 12.5 Å². The molecule has 0 fully saturated rings. The van der Waals surface area contributed by atoms with Crippen molar-refractivity contribution in [3.63, 3.8) is 0 Å². The summed E-state index contributed by atoms with van der Waals surface area (Å²) in [6.45, 7) is 4.28. The maximum absolute atomic E-state index is 11.6. The molecule has 0 spiro atoms. The molecule has 0 unspecified atom stereocenters. The molecule has 1 rings (SSSR count). The maximum Gasteiger partial charge on any atom is 0.220 e. The van der Waals surface area contributed by atoms with Crippen molar-refractivity contribution in [1.82, 2.24) is 5.32 Å². The Morgan fingerprint density at radius 3 is 2.83 bits per heavy atom. The first kappa shape index (κ1) is 14.5. The second-order valence-corrected chi connectivity index (χ2v) is 4.19. The lowest BCUT2D eigenvalue weighted by Gasteiger charge is -2.12. The number of ether oxygens (including phenoxy) is 1. The SMILES string of the molecule is CCOc1ccccc1CCC(=O)N[C@@H](C)CO. The zero-order valence-electron chi connectivity index (χ0n) is 11.0. The van der Waals surface area contributed by atoms with Crippen LogP contribution in [0.5, 0.6) is 5.75 Å². The van der Waals surface area contributed by atoms with Crippen LogP contribution in [0.1, 0.15) is 25.8 Å². The first-order valence-electron chi connectivity index (χ1n) is 6.28. The van der Waals surface area contributed by atoms with Crippen LogP contribution < -0.4 is 10.1 Å². The molecule has 0 heterocycles. The zero-order chi connectivity index (χ0) is 13.4. The number of aliphatic hydroxyl groups is 1. The number of para-hydroxylation sites is 1. The number of aryl methyl sites for hydroxylation is 1. The number of carbonyl (C=O) groups excluding carboxylic acids is 1. The lowest BCUT2D eigenvalue weighted by Crippen LogP contribution is -2.35. The van der Waals surface area contributed by atoms with Gasteiger partial charge >= 0.3 is 0 Å². The van der Waals surface area contributed by atoms with Gasteiger partial charge in [-0.25, -0.2) is 0 Å². The summed E-state index contributed by atoms with van der Waals surface area (Å²) in [5, 5.41) is 11.6. The van der Waals surface area contributed by atoms with Crippen molar-refractivity contribution in [3.8, 4) is 5.75 Å². The molecule has 1 amide bonds. The third kappa shape index (κ3) is 4.75. The molecular weight excluding hydrogens is 230 g/mol. The van der Waals surface area contributed by atoms with Crippen LogP contribution in [0.25, 0.3) is 0 Å². The molecular formula is C14H21NO3. The van der Waals surface area contributed by atoms with E-state index in [1.54, 1.807) is 6.92 Å².